The summed E-state index contributed by atoms with van der Waals surface area (Å²) in [6.45, 7) is 8.64. The Morgan fingerprint density at radius 3 is 2.15 bits per heavy atom. The van der Waals surface area contributed by atoms with Gasteiger partial charge in [0.25, 0.3) is 0 Å². The lowest BCUT2D eigenvalue weighted by molar-refractivity contribution is 0.0240. The average molecular weight is 529 g/mol. The number of ether oxygens (including phenoxy) is 2. The maximum absolute atomic E-state index is 12.6. The molecule has 3 aromatic carbocycles. The highest BCUT2D eigenvalue weighted by Gasteiger charge is 2.29. The van der Waals surface area contributed by atoms with Crippen molar-refractivity contribution in [3.05, 3.63) is 83.4 Å². The molecule has 8 heteroatoms. The number of hydrogen-bond acceptors (Lipinski definition) is 6. The first-order valence-electron chi connectivity index (χ1n) is 13.4. The number of nitrogens with zero attached hydrogens (tertiary/aromatic N) is 2. The molecule has 39 heavy (non-hydrogen) atoms. The molecule has 0 unspecified atom stereocenters. The smallest absolute Gasteiger partial charge is 0.410 e. The van der Waals surface area contributed by atoms with Gasteiger partial charge < -0.3 is 30.3 Å². The zero-order valence-corrected chi connectivity index (χ0v) is 22.8. The molecule has 3 aromatic rings. The van der Waals surface area contributed by atoms with Crippen molar-refractivity contribution in [3.63, 3.8) is 0 Å². The van der Waals surface area contributed by atoms with Gasteiger partial charge >= 0.3 is 12.2 Å². The van der Waals surface area contributed by atoms with Gasteiger partial charge in [0.2, 0.25) is 0 Å². The van der Waals surface area contributed by atoms with Crippen molar-refractivity contribution in [2.75, 3.05) is 43.4 Å². The van der Waals surface area contributed by atoms with Crippen LogP contribution in [0.2, 0.25) is 0 Å². The van der Waals surface area contributed by atoms with Gasteiger partial charge in [0, 0.05) is 50.0 Å². The molecule has 204 valence electrons. The van der Waals surface area contributed by atoms with Crippen molar-refractivity contribution in [2.45, 2.75) is 38.8 Å². The Morgan fingerprint density at radius 1 is 0.923 bits per heavy atom. The highest BCUT2D eigenvalue weighted by atomic mass is 16.6. The molecule has 0 radical (unpaired) electrons. The van der Waals surface area contributed by atoms with Gasteiger partial charge in [-0.2, -0.15) is 0 Å². The second kappa shape index (κ2) is 10.9. The molecular weight excluding hydrogens is 492 g/mol. The van der Waals surface area contributed by atoms with Crippen LogP contribution in [-0.2, 0) is 16.0 Å². The summed E-state index contributed by atoms with van der Waals surface area (Å²) in [5.41, 5.74) is 12.9. The third-order valence-electron chi connectivity index (χ3n) is 7.08. The van der Waals surface area contributed by atoms with Crippen LogP contribution in [0.5, 0.6) is 0 Å². The molecule has 8 nitrogen and oxygen atoms in total. The monoisotopic (exact) mass is 528 g/mol. The summed E-state index contributed by atoms with van der Waals surface area (Å²) in [6.07, 6.45) is -0.755. The SMILES string of the molecule is CC(C)(C)OC(=O)N1CCN(c2cc(N)cc(CNC(=O)OCC3c4ccccc4-c4ccccc43)c2)CC1. The summed E-state index contributed by atoms with van der Waals surface area (Å²) in [5.74, 6) is 0.0152. The van der Waals surface area contributed by atoms with Crippen LogP contribution in [0.3, 0.4) is 0 Å². The first-order chi connectivity index (χ1) is 18.7. The molecule has 0 saturated carbocycles. The zero-order valence-electron chi connectivity index (χ0n) is 22.8. The maximum Gasteiger partial charge on any atom is 0.410 e. The number of amides is 2. The van der Waals surface area contributed by atoms with Crippen LogP contribution in [0.15, 0.2) is 66.7 Å². The van der Waals surface area contributed by atoms with E-state index in [1.807, 2.05) is 63.2 Å². The second-order valence-corrected chi connectivity index (χ2v) is 11.1. The summed E-state index contributed by atoms with van der Waals surface area (Å²) < 4.78 is 11.2. The van der Waals surface area contributed by atoms with Crippen LogP contribution >= 0.6 is 0 Å². The maximum atomic E-state index is 12.6. The topological polar surface area (TPSA) is 97.1 Å². The quantitative estimate of drug-likeness (QED) is 0.433. The molecule has 3 N–H and O–H groups in total. The minimum absolute atomic E-state index is 0.0152. The molecule has 1 aliphatic carbocycles. The zero-order chi connectivity index (χ0) is 27.6. The van der Waals surface area contributed by atoms with Gasteiger partial charge in [-0.3, -0.25) is 0 Å². The van der Waals surface area contributed by atoms with Crippen LogP contribution in [-0.4, -0.2) is 55.5 Å². The van der Waals surface area contributed by atoms with E-state index in [0.717, 1.165) is 11.3 Å². The molecule has 0 spiro atoms. The van der Waals surface area contributed by atoms with Crippen molar-refractivity contribution in [2.24, 2.45) is 0 Å². The summed E-state index contributed by atoms with van der Waals surface area (Å²) in [6, 6.07) is 22.3. The highest BCUT2D eigenvalue weighted by Crippen LogP contribution is 2.44. The van der Waals surface area contributed by atoms with Crippen LogP contribution in [0.4, 0.5) is 21.0 Å². The van der Waals surface area contributed by atoms with Crippen molar-refractivity contribution >= 4 is 23.6 Å². The van der Waals surface area contributed by atoms with E-state index < -0.39 is 11.7 Å². The minimum Gasteiger partial charge on any atom is -0.449 e. The van der Waals surface area contributed by atoms with Gasteiger partial charge in [-0.25, -0.2) is 9.59 Å². The molecule has 1 saturated heterocycles. The third kappa shape index (κ3) is 6.11. The molecule has 0 atom stereocenters. The third-order valence-corrected chi connectivity index (χ3v) is 7.08. The lowest BCUT2D eigenvalue weighted by Crippen LogP contribution is -2.50. The van der Waals surface area contributed by atoms with E-state index in [9.17, 15) is 9.59 Å². The van der Waals surface area contributed by atoms with Gasteiger partial charge in [-0.15, -0.1) is 0 Å². The van der Waals surface area contributed by atoms with Gasteiger partial charge in [0.15, 0.2) is 0 Å². The van der Waals surface area contributed by atoms with E-state index in [4.69, 9.17) is 15.2 Å². The summed E-state index contributed by atoms with van der Waals surface area (Å²) >= 11 is 0. The van der Waals surface area contributed by atoms with E-state index in [0.29, 0.717) is 38.4 Å². The van der Waals surface area contributed by atoms with Crippen molar-refractivity contribution < 1.29 is 19.1 Å². The molecule has 0 bridgehead atoms. The molecule has 1 aliphatic heterocycles. The first kappa shape index (κ1) is 26.4. The number of nitrogens with one attached hydrogen (secondary N) is 1. The number of fused-ring (bicyclic) bond motifs is 3. The number of benzene rings is 3. The standard InChI is InChI=1S/C31H36N4O4/c1-31(2,3)39-30(37)35-14-12-34(13-15-35)23-17-21(16-22(32)18-23)19-33-29(36)38-20-28-26-10-6-4-8-24(26)25-9-5-7-11-27(25)28/h4-11,16-18,28H,12-15,19-20,32H2,1-3H3,(H,33,36). The largest absolute Gasteiger partial charge is 0.449 e. The van der Waals surface area contributed by atoms with Gasteiger partial charge in [0.05, 0.1) is 0 Å². The van der Waals surface area contributed by atoms with Gasteiger partial charge in [0.1, 0.15) is 12.2 Å². The number of carbonyl (C=O) groups excluding carboxylic acids is 2. The summed E-state index contributed by atoms with van der Waals surface area (Å²) in [5, 5.41) is 2.87. The Labute approximate surface area is 229 Å². The fourth-order valence-electron chi connectivity index (χ4n) is 5.28. The predicted molar refractivity (Wildman–Crippen MR) is 153 cm³/mol. The Hall–Kier alpha value is -4.20. The van der Waals surface area contributed by atoms with Crippen molar-refractivity contribution in [1.29, 1.82) is 0 Å². The molecular formula is C31H36N4O4. The Balaban J connectivity index is 1.15. The highest BCUT2D eigenvalue weighted by molar-refractivity contribution is 5.79. The van der Waals surface area contributed by atoms with E-state index in [2.05, 4.69) is 34.5 Å². The molecule has 2 aliphatic rings. The minimum atomic E-state index is -0.517. The fraction of sp³-hybridized carbons (Fsp3) is 0.355. The number of nitrogens with two attached hydrogens (primary N) is 1. The van der Waals surface area contributed by atoms with Gasteiger partial charge in [-0.1, -0.05) is 48.5 Å². The molecule has 1 fully saturated rings. The Morgan fingerprint density at radius 2 is 1.54 bits per heavy atom. The predicted octanol–water partition coefficient (Wildman–Crippen LogP) is 5.36. The molecule has 2 amide bonds. The van der Waals surface area contributed by atoms with E-state index in [-0.39, 0.29) is 18.6 Å². The number of anilines is 2. The summed E-state index contributed by atoms with van der Waals surface area (Å²) in [7, 11) is 0. The Bertz CT molecular complexity index is 1310. The Kier molecular flexibility index (Phi) is 7.37. The number of nitrogen functional groups attached to an aromatic ring is 1. The number of carbonyl (C=O) groups is 2. The van der Waals surface area contributed by atoms with Gasteiger partial charge in [-0.05, 0) is 66.8 Å². The summed E-state index contributed by atoms with van der Waals surface area (Å²) in [4.78, 5) is 28.9. The van der Waals surface area contributed by atoms with Crippen molar-refractivity contribution in [3.8, 4) is 11.1 Å². The molecule has 5 rings (SSSR count). The lowest BCUT2D eigenvalue weighted by Gasteiger charge is -2.37. The van der Waals surface area contributed by atoms with Crippen LogP contribution in [0.1, 0.15) is 43.4 Å². The van der Waals surface area contributed by atoms with Crippen LogP contribution in [0, 0.1) is 0 Å². The fourth-order valence-corrected chi connectivity index (χ4v) is 5.28. The van der Waals surface area contributed by atoms with E-state index in [1.165, 1.54) is 22.3 Å². The van der Waals surface area contributed by atoms with Crippen LogP contribution < -0.4 is 16.0 Å². The average Bonchev–Trinajstić information content (AvgIpc) is 3.23. The molecule has 0 aromatic heterocycles. The normalized spacial score (nSPS) is 14.9. The van der Waals surface area contributed by atoms with Crippen LogP contribution in [0.25, 0.3) is 11.1 Å². The second-order valence-electron chi connectivity index (χ2n) is 11.1. The van der Waals surface area contributed by atoms with E-state index >= 15 is 0 Å². The lowest BCUT2D eigenvalue weighted by atomic mass is 9.98. The number of piperazine rings is 1. The van der Waals surface area contributed by atoms with E-state index in [1.54, 1.807) is 4.90 Å². The number of alkyl carbamates (subject to hydrolysis) is 1. The first-order valence-corrected chi connectivity index (χ1v) is 13.4. The molecule has 1 heterocycles. The number of rotatable bonds is 5. The van der Waals surface area contributed by atoms with Crippen molar-refractivity contribution in [1.82, 2.24) is 10.2 Å². The number of hydrogen-bond donors (Lipinski definition) is 2.